The number of likely N-dealkylation sites (tertiary alicyclic amines) is 1. The van der Waals surface area contributed by atoms with E-state index in [2.05, 4.69) is 36.9 Å². The molecule has 0 aromatic carbocycles. The second-order valence-corrected chi connectivity index (χ2v) is 6.77. The maximum Gasteiger partial charge on any atom is 0.242 e. The number of carbonyl (C=O) groups is 1. The van der Waals surface area contributed by atoms with E-state index in [1.165, 1.54) is 6.20 Å². The van der Waals surface area contributed by atoms with Gasteiger partial charge in [0, 0.05) is 25.2 Å². The van der Waals surface area contributed by atoms with Gasteiger partial charge in [0.1, 0.15) is 18.0 Å². The Kier molecular flexibility index (Phi) is 5.65. The molecule has 8 heteroatoms. The predicted molar refractivity (Wildman–Crippen MR) is 96.6 cm³/mol. The number of hydrogen-bond donors (Lipinski definition) is 1. The lowest BCUT2D eigenvalue weighted by atomic mass is 9.96. The molecule has 2 aromatic rings. The summed E-state index contributed by atoms with van der Waals surface area (Å²) in [4.78, 5) is 18.9. The molecule has 1 N–H and O–H groups in total. The number of anilines is 1. The van der Waals surface area contributed by atoms with Crippen molar-refractivity contribution in [2.75, 3.05) is 18.4 Å². The summed E-state index contributed by atoms with van der Waals surface area (Å²) in [5.41, 5.74) is 0. The van der Waals surface area contributed by atoms with Crippen molar-refractivity contribution < 1.29 is 4.79 Å². The van der Waals surface area contributed by atoms with Crippen LogP contribution in [0.4, 0.5) is 5.82 Å². The number of nitrogens with zero attached hydrogens (tertiary/aromatic N) is 5. The van der Waals surface area contributed by atoms with Crippen LogP contribution in [-0.4, -0.2) is 49.7 Å². The van der Waals surface area contributed by atoms with Crippen molar-refractivity contribution in [3.05, 3.63) is 35.5 Å². The van der Waals surface area contributed by atoms with E-state index in [1.807, 2.05) is 6.92 Å². The van der Waals surface area contributed by atoms with Gasteiger partial charge in [-0.15, -0.1) is 10.2 Å². The molecule has 0 aliphatic carbocycles. The summed E-state index contributed by atoms with van der Waals surface area (Å²) >= 11 is 5.83. The van der Waals surface area contributed by atoms with Gasteiger partial charge in [-0.2, -0.15) is 0 Å². The molecule has 134 valence electrons. The van der Waals surface area contributed by atoms with Crippen LogP contribution in [0.25, 0.3) is 0 Å². The van der Waals surface area contributed by atoms with Gasteiger partial charge in [-0.05, 0) is 45.4 Å². The first-order chi connectivity index (χ1) is 12.1. The lowest BCUT2D eigenvalue weighted by Crippen LogP contribution is -2.47. The molecule has 1 fully saturated rings. The third-order valence-corrected chi connectivity index (χ3v) is 4.93. The molecular weight excluding hydrogens is 340 g/mol. The Bertz CT molecular complexity index is 716. The Hall–Kier alpha value is -1.99. The van der Waals surface area contributed by atoms with Crippen molar-refractivity contribution in [1.29, 1.82) is 0 Å². The first-order valence-corrected chi connectivity index (χ1v) is 9.00. The lowest BCUT2D eigenvalue weighted by Gasteiger charge is -2.35. The minimum atomic E-state index is -0.238. The second kappa shape index (κ2) is 7.93. The van der Waals surface area contributed by atoms with Gasteiger partial charge < -0.3 is 9.88 Å². The summed E-state index contributed by atoms with van der Waals surface area (Å²) in [5, 5.41) is 11.7. The molecule has 1 saturated heterocycles. The van der Waals surface area contributed by atoms with E-state index in [9.17, 15) is 4.79 Å². The second-order valence-electron chi connectivity index (χ2n) is 6.34. The minimum Gasteiger partial charge on any atom is -0.318 e. The molecular formula is C17H23ClN6O. The molecule has 2 unspecified atom stereocenters. The molecule has 3 heterocycles. The lowest BCUT2D eigenvalue weighted by molar-refractivity contribution is -0.121. The number of pyridine rings is 1. The molecule has 0 radical (unpaired) electrons. The Morgan fingerprint density at radius 3 is 3.04 bits per heavy atom. The number of hydrogen-bond acceptors (Lipinski definition) is 5. The highest BCUT2D eigenvalue weighted by molar-refractivity contribution is 6.30. The van der Waals surface area contributed by atoms with Gasteiger partial charge in [0.15, 0.2) is 0 Å². The highest BCUT2D eigenvalue weighted by Gasteiger charge is 2.30. The molecule has 0 bridgehead atoms. The molecule has 1 amide bonds. The Labute approximate surface area is 152 Å². The number of piperidine rings is 1. The smallest absolute Gasteiger partial charge is 0.242 e. The largest absolute Gasteiger partial charge is 0.318 e. The van der Waals surface area contributed by atoms with Crippen molar-refractivity contribution in [1.82, 2.24) is 24.6 Å². The maximum absolute atomic E-state index is 12.6. The minimum absolute atomic E-state index is 0.0626. The SMILES string of the molecule is CCn1cnnc1C1CCCN(C(C)C(=O)Nc2ccc(Cl)cn2)C1. The fraction of sp³-hybridized carbons (Fsp3) is 0.529. The summed E-state index contributed by atoms with van der Waals surface area (Å²) < 4.78 is 2.08. The summed E-state index contributed by atoms with van der Waals surface area (Å²) in [6.07, 6.45) is 5.41. The zero-order valence-electron chi connectivity index (χ0n) is 14.5. The third-order valence-electron chi connectivity index (χ3n) is 4.71. The standard InChI is InChI=1S/C17H23ClN6O/c1-3-23-11-20-22-16(23)13-5-4-8-24(10-13)12(2)17(25)21-15-7-6-14(18)9-19-15/h6-7,9,11-13H,3-5,8,10H2,1-2H3,(H,19,21,25). The van der Waals surface area contributed by atoms with E-state index >= 15 is 0 Å². The summed E-state index contributed by atoms with van der Waals surface area (Å²) in [5.74, 6) is 1.77. The number of amides is 1. The topological polar surface area (TPSA) is 75.9 Å². The van der Waals surface area contributed by atoms with Crippen molar-refractivity contribution in [2.45, 2.75) is 45.2 Å². The van der Waals surface area contributed by atoms with Crippen LogP contribution in [0.1, 0.15) is 38.4 Å². The number of halogens is 1. The summed E-state index contributed by atoms with van der Waals surface area (Å²) in [7, 11) is 0. The molecule has 0 spiro atoms. The van der Waals surface area contributed by atoms with Gasteiger partial charge in [0.25, 0.3) is 0 Å². The van der Waals surface area contributed by atoms with E-state index in [4.69, 9.17) is 11.6 Å². The molecule has 3 rings (SSSR count). The van der Waals surface area contributed by atoms with Crippen LogP contribution < -0.4 is 5.32 Å². The van der Waals surface area contributed by atoms with Crippen LogP contribution in [-0.2, 0) is 11.3 Å². The fourth-order valence-electron chi connectivity index (χ4n) is 3.24. The van der Waals surface area contributed by atoms with Gasteiger partial charge in [-0.3, -0.25) is 9.69 Å². The van der Waals surface area contributed by atoms with E-state index in [0.717, 1.165) is 38.3 Å². The van der Waals surface area contributed by atoms with Crippen LogP contribution in [0.5, 0.6) is 0 Å². The predicted octanol–water partition coefficient (Wildman–Crippen LogP) is 2.55. The zero-order chi connectivity index (χ0) is 17.8. The molecule has 1 aliphatic rings. The summed E-state index contributed by atoms with van der Waals surface area (Å²) in [6, 6.07) is 3.18. The molecule has 0 saturated carbocycles. The van der Waals surface area contributed by atoms with Crippen molar-refractivity contribution in [3.63, 3.8) is 0 Å². The quantitative estimate of drug-likeness (QED) is 0.884. The van der Waals surface area contributed by atoms with Crippen LogP contribution in [0.2, 0.25) is 5.02 Å². The Morgan fingerprint density at radius 2 is 2.32 bits per heavy atom. The van der Waals surface area contributed by atoms with Gasteiger partial charge >= 0.3 is 0 Å². The van der Waals surface area contributed by atoms with Crippen LogP contribution in [0.15, 0.2) is 24.7 Å². The number of rotatable bonds is 5. The Morgan fingerprint density at radius 1 is 1.48 bits per heavy atom. The van der Waals surface area contributed by atoms with Gasteiger partial charge in [0.2, 0.25) is 5.91 Å². The first-order valence-electron chi connectivity index (χ1n) is 8.62. The van der Waals surface area contributed by atoms with Gasteiger partial charge in [-0.25, -0.2) is 4.98 Å². The fourth-order valence-corrected chi connectivity index (χ4v) is 3.35. The monoisotopic (exact) mass is 362 g/mol. The summed E-state index contributed by atoms with van der Waals surface area (Å²) in [6.45, 7) is 6.58. The molecule has 1 aliphatic heterocycles. The number of aromatic nitrogens is 4. The van der Waals surface area contributed by atoms with Crippen LogP contribution >= 0.6 is 11.6 Å². The van der Waals surface area contributed by atoms with E-state index in [1.54, 1.807) is 18.5 Å². The molecule has 2 atom stereocenters. The highest BCUT2D eigenvalue weighted by Crippen LogP contribution is 2.26. The molecule has 25 heavy (non-hydrogen) atoms. The zero-order valence-corrected chi connectivity index (χ0v) is 15.3. The number of aryl methyl sites for hydroxylation is 1. The van der Waals surface area contributed by atoms with E-state index in [0.29, 0.717) is 16.8 Å². The average molecular weight is 363 g/mol. The number of carbonyl (C=O) groups excluding carboxylic acids is 1. The normalized spacial score (nSPS) is 19.6. The van der Waals surface area contributed by atoms with Crippen LogP contribution in [0, 0.1) is 0 Å². The third kappa shape index (κ3) is 4.16. The molecule has 2 aromatic heterocycles. The van der Waals surface area contributed by atoms with Crippen molar-refractivity contribution in [3.8, 4) is 0 Å². The average Bonchev–Trinajstić information content (AvgIpc) is 3.12. The maximum atomic E-state index is 12.6. The van der Waals surface area contributed by atoms with E-state index < -0.39 is 0 Å². The number of nitrogens with one attached hydrogen (secondary N) is 1. The van der Waals surface area contributed by atoms with Gasteiger partial charge in [0.05, 0.1) is 11.1 Å². The van der Waals surface area contributed by atoms with Crippen molar-refractivity contribution in [2.24, 2.45) is 0 Å². The van der Waals surface area contributed by atoms with E-state index in [-0.39, 0.29) is 11.9 Å². The van der Waals surface area contributed by atoms with Crippen LogP contribution in [0.3, 0.4) is 0 Å². The van der Waals surface area contributed by atoms with Crippen molar-refractivity contribution >= 4 is 23.3 Å². The first kappa shape index (κ1) is 17.8. The highest BCUT2D eigenvalue weighted by atomic mass is 35.5. The molecule has 7 nitrogen and oxygen atoms in total. The van der Waals surface area contributed by atoms with Gasteiger partial charge in [-0.1, -0.05) is 11.6 Å². The Balaban J connectivity index is 1.64.